The Morgan fingerprint density at radius 2 is 2.05 bits per heavy atom. The largest absolute Gasteiger partial charge is 0.493 e. The molecule has 2 heterocycles. The number of carbonyl (C=O) groups excluding carboxylic acids is 1. The van der Waals surface area contributed by atoms with Crippen molar-refractivity contribution in [2.75, 3.05) is 7.11 Å². The van der Waals surface area contributed by atoms with Crippen molar-refractivity contribution in [3.63, 3.8) is 0 Å². The fourth-order valence-corrected chi connectivity index (χ4v) is 1.76. The number of hydrogen-bond donors (Lipinski definition) is 1. The molecule has 0 aliphatic heterocycles. The van der Waals surface area contributed by atoms with Crippen LogP contribution in [0.5, 0.6) is 5.88 Å². The first-order valence-electron chi connectivity index (χ1n) is 5.46. The minimum atomic E-state index is -0.555. The van der Waals surface area contributed by atoms with E-state index in [1.165, 1.54) is 41.9 Å². The van der Waals surface area contributed by atoms with Gasteiger partial charge in [-0.05, 0) is 6.07 Å². The van der Waals surface area contributed by atoms with Crippen LogP contribution in [0.1, 0.15) is 10.4 Å². The number of hydrogen-bond acceptors (Lipinski definition) is 5. The lowest BCUT2D eigenvalue weighted by Crippen LogP contribution is -2.20. The van der Waals surface area contributed by atoms with Gasteiger partial charge in [0.1, 0.15) is 0 Å². The zero-order valence-corrected chi connectivity index (χ0v) is 10.7. The Hall–Kier alpha value is -2.57. The van der Waals surface area contributed by atoms with Gasteiger partial charge in [-0.25, -0.2) is 9.48 Å². The average Bonchev–Trinajstić information content (AvgIpc) is 2.72. The molecule has 0 spiro atoms. The van der Waals surface area contributed by atoms with E-state index < -0.39 is 5.97 Å². The van der Waals surface area contributed by atoms with Crippen LogP contribution in [0.15, 0.2) is 23.3 Å². The number of carbonyl (C=O) groups is 1. The van der Waals surface area contributed by atoms with E-state index >= 15 is 0 Å². The van der Waals surface area contributed by atoms with E-state index in [1.54, 1.807) is 7.05 Å². The number of rotatable bonds is 2. The molecule has 0 bridgehead atoms. The molecule has 0 radical (unpaired) electrons. The van der Waals surface area contributed by atoms with Crippen LogP contribution >= 0.6 is 0 Å². The molecular formula is C12H13N3O4. The molecule has 7 nitrogen and oxygen atoms in total. The van der Waals surface area contributed by atoms with Gasteiger partial charge in [0.05, 0.1) is 30.0 Å². The lowest BCUT2D eigenvalue weighted by molar-refractivity contribution is 0.0599. The zero-order valence-electron chi connectivity index (χ0n) is 10.7. The lowest BCUT2D eigenvalue weighted by atomic mass is 10.1. The standard InChI is InChI=1S/C12H13N3O4/c1-14-6-7(12(18)19-3)4-8(10(14)16)9-5-13-15(2)11(9)17/h4-6,17H,1-3H3. The van der Waals surface area contributed by atoms with Crippen LogP contribution in [0.4, 0.5) is 0 Å². The van der Waals surface area contributed by atoms with Crippen molar-refractivity contribution in [2.24, 2.45) is 14.1 Å². The van der Waals surface area contributed by atoms with Gasteiger partial charge < -0.3 is 14.4 Å². The summed E-state index contributed by atoms with van der Waals surface area (Å²) in [5, 5.41) is 13.7. The molecule has 2 rings (SSSR count). The van der Waals surface area contributed by atoms with E-state index in [4.69, 9.17) is 0 Å². The summed E-state index contributed by atoms with van der Waals surface area (Å²) < 4.78 is 7.11. The highest BCUT2D eigenvalue weighted by Gasteiger charge is 2.17. The number of ether oxygens (including phenoxy) is 1. The predicted molar refractivity (Wildman–Crippen MR) is 66.9 cm³/mol. The van der Waals surface area contributed by atoms with Gasteiger partial charge >= 0.3 is 5.97 Å². The molecule has 0 aromatic carbocycles. The SMILES string of the molecule is COC(=O)c1cc(-c2cnn(C)c2O)c(=O)n(C)c1. The van der Waals surface area contributed by atoms with Crippen molar-refractivity contribution in [3.8, 4) is 17.0 Å². The molecular weight excluding hydrogens is 250 g/mol. The molecule has 0 unspecified atom stereocenters. The van der Waals surface area contributed by atoms with Crippen LogP contribution in [-0.4, -0.2) is 32.5 Å². The van der Waals surface area contributed by atoms with Gasteiger partial charge in [-0.1, -0.05) is 0 Å². The predicted octanol–water partition coefficient (Wildman–Crippen LogP) is 0.278. The van der Waals surface area contributed by atoms with Gasteiger partial charge in [0, 0.05) is 20.3 Å². The minimum Gasteiger partial charge on any atom is -0.493 e. The fourth-order valence-electron chi connectivity index (χ4n) is 1.76. The summed E-state index contributed by atoms with van der Waals surface area (Å²) in [4.78, 5) is 23.6. The first kappa shape index (κ1) is 12.9. The van der Waals surface area contributed by atoms with Crippen LogP contribution in [0.25, 0.3) is 11.1 Å². The third-order valence-corrected chi connectivity index (χ3v) is 2.80. The number of esters is 1. The smallest absolute Gasteiger partial charge is 0.339 e. The Kier molecular flexibility index (Phi) is 3.12. The Labute approximate surface area is 108 Å². The molecule has 0 amide bonds. The molecule has 2 aromatic heterocycles. The van der Waals surface area contributed by atoms with E-state index in [1.807, 2.05) is 0 Å². The van der Waals surface area contributed by atoms with E-state index in [2.05, 4.69) is 9.84 Å². The maximum Gasteiger partial charge on any atom is 0.339 e. The highest BCUT2D eigenvalue weighted by atomic mass is 16.5. The highest BCUT2D eigenvalue weighted by molar-refractivity contribution is 5.90. The fraction of sp³-hybridized carbons (Fsp3) is 0.250. The number of methoxy groups -OCH3 is 1. The summed E-state index contributed by atoms with van der Waals surface area (Å²) in [6, 6.07) is 1.38. The maximum absolute atomic E-state index is 12.1. The summed E-state index contributed by atoms with van der Waals surface area (Å²) in [5.74, 6) is -0.695. The Bertz CT molecular complexity index is 699. The summed E-state index contributed by atoms with van der Waals surface area (Å²) in [5.41, 5.74) is 0.351. The molecule has 2 aromatic rings. The molecule has 0 saturated heterocycles. The van der Waals surface area contributed by atoms with Crippen molar-refractivity contribution < 1.29 is 14.6 Å². The third kappa shape index (κ3) is 2.10. The average molecular weight is 263 g/mol. The van der Waals surface area contributed by atoms with Gasteiger partial charge in [-0.3, -0.25) is 4.79 Å². The van der Waals surface area contributed by atoms with Crippen LogP contribution in [0, 0.1) is 0 Å². The van der Waals surface area contributed by atoms with Crippen molar-refractivity contribution in [1.82, 2.24) is 14.3 Å². The van der Waals surface area contributed by atoms with E-state index in [0.29, 0.717) is 0 Å². The van der Waals surface area contributed by atoms with Gasteiger partial charge in [0.2, 0.25) is 5.88 Å². The summed E-state index contributed by atoms with van der Waals surface area (Å²) in [6.07, 6.45) is 2.75. The Morgan fingerprint density at radius 1 is 1.37 bits per heavy atom. The van der Waals surface area contributed by atoms with E-state index in [-0.39, 0.29) is 28.1 Å². The highest BCUT2D eigenvalue weighted by Crippen LogP contribution is 2.26. The second-order valence-corrected chi connectivity index (χ2v) is 4.06. The molecule has 0 atom stereocenters. The number of aryl methyl sites for hydroxylation is 2. The van der Waals surface area contributed by atoms with Gasteiger partial charge in [-0.15, -0.1) is 0 Å². The van der Waals surface area contributed by atoms with Crippen molar-refractivity contribution in [1.29, 1.82) is 0 Å². The van der Waals surface area contributed by atoms with Crippen LogP contribution in [-0.2, 0) is 18.8 Å². The van der Waals surface area contributed by atoms with Crippen molar-refractivity contribution in [3.05, 3.63) is 34.4 Å². The van der Waals surface area contributed by atoms with Gasteiger partial charge in [0.15, 0.2) is 0 Å². The zero-order chi connectivity index (χ0) is 14.2. The molecule has 7 heteroatoms. The normalized spacial score (nSPS) is 10.5. The lowest BCUT2D eigenvalue weighted by Gasteiger charge is -2.06. The molecule has 0 saturated carbocycles. The van der Waals surface area contributed by atoms with E-state index in [9.17, 15) is 14.7 Å². The second kappa shape index (κ2) is 4.60. The first-order chi connectivity index (χ1) is 8.95. The quantitative estimate of drug-likeness (QED) is 0.786. The summed E-state index contributed by atoms with van der Waals surface area (Å²) in [6.45, 7) is 0. The monoisotopic (exact) mass is 263 g/mol. The summed E-state index contributed by atoms with van der Waals surface area (Å²) >= 11 is 0. The van der Waals surface area contributed by atoms with Gasteiger partial charge in [-0.2, -0.15) is 5.10 Å². The van der Waals surface area contributed by atoms with Crippen molar-refractivity contribution in [2.45, 2.75) is 0 Å². The Balaban J connectivity index is 2.69. The maximum atomic E-state index is 12.1. The second-order valence-electron chi connectivity index (χ2n) is 4.06. The van der Waals surface area contributed by atoms with Gasteiger partial charge in [0.25, 0.3) is 5.56 Å². The molecule has 0 aliphatic carbocycles. The number of aromatic nitrogens is 3. The molecule has 100 valence electrons. The van der Waals surface area contributed by atoms with E-state index in [0.717, 1.165) is 0 Å². The molecule has 1 N–H and O–H groups in total. The number of pyridine rings is 1. The molecule has 19 heavy (non-hydrogen) atoms. The molecule has 0 aliphatic rings. The first-order valence-corrected chi connectivity index (χ1v) is 5.46. The topological polar surface area (TPSA) is 86.3 Å². The van der Waals surface area contributed by atoms with Crippen LogP contribution in [0.2, 0.25) is 0 Å². The summed E-state index contributed by atoms with van der Waals surface area (Å²) in [7, 11) is 4.33. The van der Waals surface area contributed by atoms with Crippen LogP contribution < -0.4 is 5.56 Å². The van der Waals surface area contributed by atoms with Crippen LogP contribution in [0.3, 0.4) is 0 Å². The number of nitrogens with zero attached hydrogens (tertiary/aromatic N) is 3. The number of aromatic hydroxyl groups is 1. The Morgan fingerprint density at radius 3 is 2.58 bits per heavy atom. The third-order valence-electron chi connectivity index (χ3n) is 2.80. The minimum absolute atomic E-state index is 0.140. The van der Waals surface area contributed by atoms with Crippen molar-refractivity contribution >= 4 is 5.97 Å². The molecule has 0 fully saturated rings.